The zero-order chi connectivity index (χ0) is 43.3. The third-order valence-electron chi connectivity index (χ3n) is 12.5. The van der Waals surface area contributed by atoms with E-state index in [0.29, 0.717) is 40.8 Å². The summed E-state index contributed by atoms with van der Waals surface area (Å²) in [6.07, 6.45) is 5.79. The number of piperidine rings is 2. The fraction of sp³-hybridized carbons (Fsp3) is 0.400. The summed E-state index contributed by atoms with van der Waals surface area (Å²) < 4.78 is 6.35. The molecule has 1 atom stereocenters. The molecular formula is C45H52N12O5. The van der Waals surface area contributed by atoms with Crippen molar-refractivity contribution in [3.8, 4) is 5.82 Å². The Kier molecular flexibility index (Phi) is 10.8. The van der Waals surface area contributed by atoms with E-state index in [1.165, 1.54) is 10.9 Å². The minimum atomic E-state index is -1.17. The Morgan fingerprint density at radius 2 is 1.65 bits per heavy atom. The molecule has 4 aromatic heterocycles. The number of imidazole rings is 1. The van der Waals surface area contributed by atoms with Crippen LogP contribution in [0.4, 0.5) is 23.0 Å². The number of pyridine rings is 1. The average Bonchev–Trinajstić information content (AvgIpc) is 3.69. The van der Waals surface area contributed by atoms with Gasteiger partial charge < -0.3 is 20.2 Å². The topological polar surface area (TPSA) is 181 Å². The zero-order valence-corrected chi connectivity index (χ0v) is 35.3. The van der Waals surface area contributed by atoms with Gasteiger partial charge in [0, 0.05) is 76.9 Å². The minimum Gasteiger partial charge on any atom is -0.384 e. The lowest BCUT2D eigenvalue weighted by Crippen LogP contribution is -2.49. The lowest BCUT2D eigenvalue weighted by Gasteiger charge is -2.40. The number of fused-ring (bicyclic) bond motifs is 2. The van der Waals surface area contributed by atoms with Crippen LogP contribution in [0.25, 0.3) is 27.9 Å². The lowest BCUT2D eigenvalue weighted by atomic mass is 9.95. The van der Waals surface area contributed by atoms with E-state index in [-0.39, 0.29) is 30.1 Å². The summed E-state index contributed by atoms with van der Waals surface area (Å²) in [5.41, 5.74) is 3.66. The smallest absolute Gasteiger partial charge is 0.329 e. The van der Waals surface area contributed by atoms with E-state index < -0.39 is 17.6 Å². The van der Waals surface area contributed by atoms with Crippen molar-refractivity contribution >= 4 is 56.9 Å². The fourth-order valence-electron chi connectivity index (χ4n) is 9.19. The van der Waals surface area contributed by atoms with Crippen molar-refractivity contribution in [3.05, 3.63) is 106 Å². The van der Waals surface area contributed by atoms with E-state index in [4.69, 9.17) is 4.98 Å². The Labute approximate surface area is 357 Å². The molecule has 2 amide bonds. The number of rotatable bonds is 11. The Balaban J connectivity index is 0.810. The minimum absolute atomic E-state index is 0.213. The van der Waals surface area contributed by atoms with E-state index >= 15 is 0 Å². The van der Waals surface area contributed by atoms with Crippen LogP contribution in [0.15, 0.2) is 89.1 Å². The molecule has 322 valence electrons. The van der Waals surface area contributed by atoms with Crippen LogP contribution in [-0.2, 0) is 28.8 Å². The molecule has 62 heavy (non-hydrogen) atoms. The molecule has 9 rings (SSSR count). The van der Waals surface area contributed by atoms with Gasteiger partial charge in [-0.2, -0.15) is 4.98 Å². The Hall–Kier alpha value is -6.59. The highest BCUT2D eigenvalue weighted by Crippen LogP contribution is 2.33. The Bertz CT molecular complexity index is 2800. The van der Waals surface area contributed by atoms with Gasteiger partial charge in [0.05, 0.1) is 29.0 Å². The summed E-state index contributed by atoms with van der Waals surface area (Å²) in [5, 5.41) is 16.7. The van der Waals surface area contributed by atoms with Gasteiger partial charge in [0.15, 0.2) is 11.5 Å². The zero-order valence-electron chi connectivity index (χ0n) is 35.3. The molecule has 0 aliphatic carbocycles. The van der Waals surface area contributed by atoms with Crippen molar-refractivity contribution in [2.45, 2.75) is 57.7 Å². The first-order chi connectivity index (χ1) is 29.9. The van der Waals surface area contributed by atoms with E-state index in [0.717, 1.165) is 86.8 Å². The predicted octanol–water partition coefficient (Wildman–Crippen LogP) is 3.80. The number of hydrogen-bond donors (Lipinski definition) is 3. The second-order valence-electron chi connectivity index (χ2n) is 17.1. The maximum Gasteiger partial charge on any atom is 0.329 e. The van der Waals surface area contributed by atoms with Crippen molar-refractivity contribution < 1.29 is 14.7 Å². The number of aromatic nitrogens is 7. The van der Waals surface area contributed by atoms with Gasteiger partial charge in [0.1, 0.15) is 17.0 Å². The van der Waals surface area contributed by atoms with Crippen LogP contribution in [-0.4, -0.2) is 101 Å². The molecule has 3 N–H and O–H groups in total. The van der Waals surface area contributed by atoms with E-state index in [1.807, 2.05) is 24.3 Å². The summed E-state index contributed by atoms with van der Waals surface area (Å²) in [6, 6.07) is 18.7. The van der Waals surface area contributed by atoms with Gasteiger partial charge in [-0.3, -0.25) is 33.7 Å². The summed E-state index contributed by atoms with van der Waals surface area (Å²) >= 11 is 0. The number of hydrogen-bond acceptors (Lipinski definition) is 12. The number of para-hydroxylation sites is 1. The Morgan fingerprint density at radius 1 is 0.903 bits per heavy atom. The highest BCUT2D eigenvalue weighted by atomic mass is 16.3. The van der Waals surface area contributed by atoms with Crippen molar-refractivity contribution in [3.63, 3.8) is 0 Å². The first-order valence-electron chi connectivity index (χ1n) is 21.3. The molecule has 17 heteroatoms. The normalized spacial score (nSPS) is 18.2. The molecule has 3 fully saturated rings. The molecule has 17 nitrogen and oxygen atoms in total. The fourth-order valence-corrected chi connectivity index (χ4v) is 9.19. The van der Waals surface area contributed by atoms with E-state index in [9.17, 15) is 24.3 Å². The third kappa shape index (κ3) is 7.66. The number of aryl methyl sites for hydroxylation is 1. The molecule has 3 aliphatic heterocycles. The lowest BCUT2D eigenvalue weighted by molar-refractivity contribution is -0.135. The molecule has 3 saturated heterocycles. The number of anilines is 4. The van der Waals surface area contributed by atoms with Crippen molar-refractivity contribution in [2.75, 3.05) is 60.9 Å². The number of aliphatic hydroxyl groups is 1. The van der Waals surface area contributed by atoms with Gasteiger partial charge in [0.2, 0.25) is 17.8 Å². The summed E-state index contributed by atoms with van der Waals surface area (Å²) in [5.74, 6) is 0.627. The monoisotopic (exact) mass is 840 g/mol. The number of carbonyl (C=O) groups is 2. The summed E-state index contributed by atoms with van der Waals surface area (Å²) in [4.78, 5) is 72.7. The second kappa shape index (κ2) is 16.4. The molecule has 0 bridgehead atoms. The van der Waals surface area contributed by atoms with Gasteiger partial charge in [-0.05, 0) is 87.6 Å². The van der Waals surface area contributed by atoms with Gasteiger partial charge in [-0.15, -0.1) is 6.58 Å². The molecule has 1 unspecified atom stereocenters. The highest BCUT2D eigenvalue weighted by Gasteiger charge is 2.33. The van der Waals surface area contributed by atoms with Crippen LogP contribution in [0.1, 0.15) is 51.3 Å². The highest BCUT2D eigenvalue weighted by molar-refractivity contribution is 6.00. The van der Waals surface area contributed by atoms with Crippen LogP contribution in [0.5, 0.6) is 0 Å². The molecule has 0 saturated carbocycles. The van der Waals surface area contributed by atoms with Gasteiger partial charge in [0.25, 0.3) is 5.56 Å². The standard InChI is InChI=1S/C45H52N12O5/c1-5-20-55-42(60)32-27-46-43(50-40(32)57(55)37-11-7-10-36(48-37)45(2,3)62)47-30-12-14-31(15-13-30)53-25-23-52(24-26-53)28-29-18-21-54(22-19-29)33-8-6-9-34-39(33)51(4)44(61)56(34)35-16-17-38(58)49-41(35)59/h5-15,27,29,35,62H,1,16-26,28H2,2-4H3,(H,46,47,50)(H,49,58,59). The predicted molar refractivity (Wildman–Crippen MR) is 238 cm³/mol. The first-order valence-corrected chi connectivity index (χ1v) is 21.3. The maximum absolute atomic E-state index is 13.5. The van der Waals surface area contributed by atoms with E-state index in [2.05, 4.69) is 60.1 Å². The number of nitrogens with zero attached hydrogens (tertiary/aromatic N) is 10. The van der Waals surface area contributed by atoms with Crippen LogP contribution in [0.2, 0.25) is 0 Å². The number of imide groups is 1. The maximum atomic E-state index is 13.5. The number of carbonyl (C=O) groups excluding carboxylic acids is 2. The van der Waals surface area contributed by atoms with Gasteiger partial charge in [-0.1, -0.05) is 18.2 Å². The quantitative estimate of drug-likeness (QED) is 0.127. The second-order valence-corrected chi connectivity index (χ2v) is 17.1. The average molecular weight is 841 g/mol. The molecule has 3 aliphatic rings. The van der Waals surface area contributed by atoms with Gasteiger partial charge in [-0.25, -0.2) is 24.1 Å². The number of benzene rings is 2. The first kappa shape index (κ1) is 40.8. The number of piperazine rings is 1. The molecule has 7 heterocycles. The van der Waals surface area contributed by atoms with Crippen LogP contribution in [0.3, 0.4) is 0 Å². The number of allylic oxidation sites excluding steroid dienone is 1. The number of amides is 2. The van der Waals surface area contributed by atoms with Crippen molar-refractivity contribution in [1.82, 2.24) is 43.7 Å². The molecule has 2 aromatic carbocycles. The Morgan fingerprint density at radius 3 is 2.35 bits per heavy atom. The van der Waals surface area contributed by atoms with Crippen molar-refractivity contribution in [2.24, 2.45) is 13.0 Å². The molecule has 0 radical (unpaired) electrons. The SMILES string of the molecule is C=CCn1c(=O)c2cnc(Nc3ccc(N4CCN(CC5CCN(c6cccc7c6n(C)c(=O)n7C6CCC(=O)NC6=O)CC5)CC4)cc3)nc2n1-c1cccc(C(C)(C)O)n1. The van der Waals surface area contributed by atoms with Gasteiger partial charge >= 0.3 is 5.69 Å². The summed E-state index contributed by atoms with van der Waals surface area (Å²) in [7, 11) is 1.76. The third-order valence-corrected chi connectivity index (χ3v) is 12.5. The van der Waals surface area contributed by atoms with Crippen LogP contribution in [0, 0.1) is 5.92 Å². The van der Waals surface area contributed by atoms with Crippen molar-refractivity contribution in [1.29, 1.82) is 0 Å². The molecule has 6 aromatic rings. The summed E-state index contributed by atoms with van der Waals surface area (Å²) in [6.45, 7) is 14.0. The molecule has 0 spiro atoms. The van der Waals surface area contributed by atoms with Crippen LogP contribution < -0.4 is 31.7 Å². The van der Waals surface area contributed by atoms with Crippen LogP contribution >= 0.6 is 0 Å². The number of nitrogens with one attached hydrogen (secondary N) is 2. The van der Waals surface area contributed by atoms with E-state index in [1.54, 1.807) is 59.0 Å². The largest absolute Gasteiger partial charge is 0.384 e. The molecular weight excluding hydrogens is 789 g/mol.